The molecule has 96 valence electrons. The van der Waals surface area contributed by atoms with Gasteiger partial charge in [0.05, 0.1) is 10.7 Å². The number of aryl methyl sites for hydroxylation is 3. The van der Waals surface area contributed by atoms with Crippen molar-refractivity contribution in [3.63, 3.8) is 0 Å². The molecule has 2 aromatic rings. The van der Waals surface area contributed by atoms with Crippen LogP contribution in [0, 0.1) is 20.8 Å². The average Bonchev–Trinajstić information content (AvgIpc) is 2.57. The van der Waals surface area contributed by atoms with Crippen LogP contribution in [-0.2, 0) is 6.42 Å². The molecule has 4 heteroatoms. The van der Waals surface area contributed by atoms with E-state index in [9.17, 15) is 0 Å². The quantitative estimate of drug-likeness (QED) is 0.924. The summed E-state index contributed by atoms with van der Waals surface area (Å²) in [6.07, 6.45) is 0.807. The number of hydrogen-bond donors (Lipinski definition) is 1. The van der Waals surface area contributed by atoms with Crippen LogP contribution in [0.5, 0.6) is 0 Å². The van der Waals surface area contributed by atoms with E-state index in [0.717, 1.165) is 21.6 Å². The fourth-order valence-electron chi connectivity index (χ4n) is 1.98. The molecule has 1 aromatic heterocycles. The third kappa shape index (κ3) is 2.99. The Bertz CT molecular complexity index is 543. The van der Waals surface area contributed by atoms with Crippen molar-refractivity contribution in [1.82, 2.24) is 4.98 Å². The molecule has 2 rings (SSSR count). The van der Waals surface area contributed by atoms with Crippen molar-refractivity contribution in [3.05, 3.63) is 49.4 Å². The second kappa shape index (κ2) is 5.51. The average molecular weight is 325 g/mol. The lowest BCUT2D eigenvalue weighted by Gasteiger charge is -2.13. The van der Waals surface area contributed by atoms with Gasteiger partial charge in [-0.1, -0.05) is 22.0 Å². The molecule has 1 atom stereocenters. The maximum Gasteiger partial charge on any atom is 0.0949 e. The second-order valence-corrected chi connectivity index (χ2v) is 6.76. The topological polar surface area (TPSA) is 38.9 Å². The number of thiazole rings is 1. The monoisotopic (exact) mass is 324 g/mol. The zero-order valence-electron chi connectivity index (χ0n) is 10.8. The Morgan fingerprint density at radius 2 is 2.06 bits per heavy atom. The Kier molecular flexibility index (Phi) is 4.20. The summed E-state index contributed by atoms with van der Waals surface area (Å²) in [5, 5.41) is 1.12. The van der Waals surface area contributed by atoms with E-state index in [1.54, 1.807) is 11.3 Å². The van der Waals surface area contributed by atoms with Crippen LogP contribution in [0.15, 0.2) is 22.7 Å². The highest BCUT2D eigenvalue weighted by atomic mass is 79.9. The molecule has 0 spiro atoms. The minimum absolute atomic E-state index is 0.0167. The van der Waals surface area contributed by atoms with Gasteiger partial charge in [0.2, 0.25) is 0 Å². The fraction of sp³-hybridized carbons (Fsp3) is 0.357. The van der Waals surface area contributed by atoms with Crippen LogP contribution < -0.4 is 5.73 Å². The summed E-state index contributed by atoms with van der Waals surface area (Å²) in [7, 11) is 0. The lowest BCUT2D eigenvalue weighted by molar-refractivity contribution is 0.711. The molecule has 0 bridgehead atoms. The van der Waals surface area contributed by atoms with Gasteiger partial charge in [-0.05, 0) is 44.0 Å². The first-order valence-corrected chi connectivity index (χ1v) is 7.53. The maximum atomic E-state index is 6.29. The van der Waals surface area contributed by atoms with Crippen LogP contribution in [0.25, 0.3) is 0 Å². The van der Waals surface area contributed by atoms with Crippen LogP contribution >= 0.6 is 27.3 Å². The minimum Gasteiger partial charge on any atom is -0.324 e. The van der Waals surface area contributed by atoms with Crippen molar-refractivity contribution in [2.24, 2.45) is 5.73 Å². The van der Waals surface area contributed by atoms with Gasteiger partial charge in [0.1, 0.15) is 0 Å². The lowest BCUT2D eigenvalue weighted by Crippen LogP contribution is -2.14. The molecule has 0 saturated carbocycles. The van der Waals surface area contributed by atoms with Crippen molar-refractivity contribution in [2.45, 2.75) is 33.2 Å². The van der Waals surface area contributed by atoms with Crippen molar-refractivity contribution in [3.8, 4) is 0 Å². The maximum absolute atomic E-state index is 6.29. The van der Waals surface area contributed by atoms with Crippen molar-refractivity contribution < 1.29 is 0 Å². The molecule has 18 heavy (non-hydrogen) atoms. The molecule has 2 nitrogen and oxygen atoms in total. The van der Waals surface area contributed by atoms with Crippen LogP contribution in [0.4, 0.5) is 0 Å². The van der Waals surface area contributed by atoms with E-state index in [0.29, 0.717) is 0 Å². The van der Waals surface area contributed by atoms with Crippen LogP contribution in [0.3, 0.4) is 0 Å². The smallest absolute Gasteiger partial charge is 0.0949 e. The van der Waals surface area contributed by atoms with Crippen LogP contribution in [-0.4, -0.2) is 4.98 Å². The summed E-state index contributed by atoms with van der Waals surface area (Å²) in [5.74, 6) is 0. The number of benzene rings is 1. The summed E-state index contributed by atoms with van der Waals surface area (Å²) in [6.45, 7) is 6.25. The van der Waals surface area contributed by atoms with E-state index in [-0.39, 0.29) is 6.04 Å². The molecule has 0 aliphatic rings. The van der Waals surface area contributed by atoms with Gasteiger partial charge in [0.25, 0.3) is 0 Å². The van der Waals surface area contributed by atoms with Crippen LogP contribution in [0.2, 0.25) is 0 Å². The molecule has 0 aliphatic carbocycles. The highest BCUT2D eigenvalue weighted by molar-refractivity contribution is 9.10. The number of nitrogens with zero attached hydrogens (tertiary/aromatic N) is 1. The Morgan fingerprint density at radius 1 is 1.33 bits per heavy atom. The molecule has 0 radical (unpaired) electrons. The largest absolute Gasteiger partial charge is 0.324 e. The second-order valence-electron chi connectivity index (χ2n) is 4.56. The first kappa shape index (κ1) is 13.7. The summed E-state index contributed by atoms with van der Waals surface area (Å²) in [4.78, 5) is 5.83. The third-order valence-corrected chi connectivity index (χ3v) is 4.69. The Labute approximate surface area is 120 Å². The molecule has 0 aliphatic heterocycles. The van der Waals surface area contributed by atoms with E-state index in [1.807, 2.05) is 13.0 Å². The normalized spacial score (nSPS) is 12.7. The third-order valence-electron chi connectivity index (χ3n) is 3.10. The highest BCUT2D eigenvalue weighted by Gasteiger charge is 2.13. The molecule has 2 N–H and O–H groups in total. The molecular formula is C14H17BrN2S. The van der Waals surface area contributed by atoms with Crippen molar-refractivity contribution in [2.75, 3.05) is 0 Å². The first-order valence-electron chi connectivity index (χ1n) is 5.92. The van der Waals surface area contributed by atoms with Gasteiger partial charge in [-0.2, -0.15) is 0 Å². The fourth-order valence-corrected chi connectivity index (χ4v) is 3.45. The Hall–Kier alpha value is -0.710. The van der Waals surface area contributed by atoms with Crippen LogP contribution in [0.1, 0.15) is 32.7 Å². The van der Waals surface area contributed by atoms with Gasteiger partial charge in [-0.15, -0.1) is 11.3 Å². The zero-order chi connectivity index (χ0) is 13.3. The molecule has 0 saturated heterocycles. The Morgan fingerprint density at radius 3 is 2.61 bits per heavy atom. The molecule has 0 fully saturated rings. The van der Waals surface area contributed by atoms with E-state index in [2.05, 4.69) is 46.9 Å². The van der Waals surface area contributed by atoms with Gasteiger partial charge in [0, 0.05) is 21.8 Å². The van der Waals surface area contributed by atoms with Crippen molar-refractivity contribution >= 4 is 27.3 Å². The number of hydrogen-bond acceptors (Lipinski definition) is 3. The SMILES string of the molecule is Cc1cc(Br)ccc1C(N)Cc1nc(C)c(C)s1. The highest BCUT2D eigenvalue weighted by Crippen LogP contribution is 2.25. The molecule has 1 aromatic carbocycles. The van der Waals surface area contributed by atoms with E-state index in [4.69, 9.17) is 5.73 Å². The van der Waals surface area contributed by atoms with Gasteiger partial charge in [-0.3, -0.25) is 0 Å². The molecule has 0 amide bonds. The number of halogens is 1. The lowest BCUT2D eigenvalue weighted by atomic mass is 10.00. The Balaban J connectivity index is 2.19. The summed E-state index contributed by atoms with van der Waals surface area (Å²) in [5.41, 5.74) is 9.83. The number of rotatable bonds is 3. The summed E-state index contributed by atoms with van der Waals surface area (Å²) >= 11 is 5.22. The number of aromatic nitrogens is 1. The van der Waals surface area contributed by atoms with Gasteiger partial charge >= 0.3 is 0 Å². The molecular weight excluding hydrogens is 308 g/mol. The van der Waals surface area contributed by atoms with Gasteiger partial charge in [0.15, 0.2) is 0 Å². The molecule has 1 heterocycles. The zero-order valence-corrected chi connectivity index (χ0v) is 13.2. The van der Waals surface area contributed by atoms with E-state index >= 15 is 0 Å². The predicted molar refractivity (Wildman–Crippen MR) is 81.1 cm³/mol. The number of nitrogens with two attached hydrogens (primary N) is 1. The summed E-state index contributed by atoms with van der Waals surface area (Å²) < 4.78 is 1.09. The minimum atomic E-state index is 0.0167. The predicted octanol–water partition coefficient (Wildman–Crippen LogP) is 4.07. The molecule has 1 unspecified atom stereocenters. The van der Waals surface area contributed by atoms with Gasteiger partial charge in [-0.25, -0.2) is 4.98 Å². The van der Waals surface area contributed by atoms with E-state index < -0.39 is 0 Å². The van der Waals surface area contributed by atoms with Crippen molar-refractivity contribution in [1.29, 1.82) is 0 Å². The van der Waals surface area contributed by atoms with E-state index in [1.165, 1.54) is 16.0 Å². The first-order chi connectivity index (χ1) is 8.47. The van der Waals surface area contributed by atoms with Gasteiger partial charge < -0.3 is 5.73 Å². The summed E-state index contributed by atoms with van der Waals surface area (Å²) in [6, 6.07) is 6.26. The standard InChI is InChI=1S/C14H17BrN2S/c1-8-6-11(15)4-5-12(8)13(16)7-14-17-9(2)10(3)18-14/h4-6,13H,7,16H2,1-3H3.